The molecule has 1 aromatic carbocycles. The van der Waals surface area contributed by atoms with Crippen LogP contribution >= 0.6 is 11.3 Å². The molecule has 0 saturated carbocycles. The van der Waals surface area contributed by atoms with Crippen molar-refractivity contribution in [1.29, 1.82) is 0 Å². The number of carbonyl (C=O) groups is 1. The van der Waals surface area contributed by atoms with Gasteiger partial charge in [-0.3, -0.25) is 4.79 Å². The standard InChI is InChI=1S/C20H18N4O3S/c1-11(2)10-27-20(26)13-5-4-6-14(9-13)24-19(25)17-16(22-23-24)15-8-7-12(3)21-18(15)28-17/h4-9,11H,10H2,1-3H3. The normalized spacial score (nSPS) is 11.4. The summed E-state index contributed by atoms with van der Waals surface area (Å²) in [5, 5.41) is 9.13. The number of ether oxygens (including phenoxy) is 1. The van der Waals surface area contributed by atoms with Crippen molar-refractivity contribution >= 4 is 37.7 Å². The molecule has 0 amide bonds. The van der Waals surface area contributed by atoms with Crippen LogP contribution in [0.3, 0.4) is 0 Å². The van der Waals surface area contributed by atoms with E-state index in [1.165, 1.54) is 16.0 Å². The Morgan fingerprint density at radius 3 is 2.86 bits per heavy atom. The monoisotopic (exact) mass is 394 g/mol. The number of hydrogen-bond donors (Lipinski definition) is 0. The highest BCUT2D eigenvalue weighted by molar-refractivity contribution is 7.25. The van der Waals surface area contributed by atoms with Crippen LogP contribution in [-0.4, -0.2) is 32.6 Å². The van der Waals surface area contributed by atoms with E-state index in [9.17, 15) is 9.59 Å². The molecular weight excluding hydrogens is 376 g/mol. The predicted octanol–water partition coefficient (Wildman–Crippen LogP) is 3.51. The van der Waals surface area contributed by atoms with Crippen molar-refractivity contribution in [2.24, 2.45) is 5.92 Å². The summed E-state index contributed by atoms with van der Waals surface area (Å²) >= 11 is 1.29. The molecule has 0 saturated heterocycles. The molecule has 0 radical (unpaired) electrons. The van der Waals surface area contributed by atoms with E-state index >= 15 is 0 Å². The van der Waals surface area contributed by atoms with Crippen LogP contribution in [0.4, 0.5) is 0 Å². The SMILES string of the molecule is Cc1ccc2c(n1)sc1c(=O)n(-c3cccc(C(=O)OCC(C)C)c3)nnc12. The molecule has 8 heteroatoms. The molecule has 0 aliphatic heterocycles. The highest BCUT2D eigenvalue weighted by Crippen LogP contribution is 2.28. The average molecular weight is 394 g/mol. The van der Waals surface area contributed by atoms with Gasteiger partial charge in [-0.1, -0.05) is 25.1 Å². The fourth-order valence-corrected chi connectivity index (χ4v) is 3.87. The summed E-state index contributed by atoms with van der Waals surface area (Å²) in [5.74, 6) is -0.188. The molecule has 3 heterocycles. The number of pyridine rings is 1. The number of nitrogens with zero attached hydrogens (tertiary/aromatic N) is 4. The molecule has 4 rings (SSSR count). The first-order valence-corrected chi connectivity index (χ1v) is 9.69. The first-order chi connectivity index (χ1) is 13.4. The lowest BCUT2D eigenvalue weighted by molar-refractivity contribution is 0.0459. The Kier molecular flexibility index (Phi) is 4.64. The van der Waals surface area contributed by atoms with Gasteiger partial charge in [0.1, 0.15) is 15.0 Å². The largest absolute Gasteiger partial charge is 0.462 e. The Bertz CT molecular complexity index is 1260. The second kappa shape index (κ2) is 7.12. The molecule has 0 bridgehead atoms. The van der Waals surface area contributed by atoms with Gasteiger partial charge in [0, 0.05) is 11.1 Å². The van der Waals surface area contributed by atoms with Crippen molar-refractivity contribution in [3.8, 4) is 5.69 Å². The summed E-state index contributed by atoms with van der Waals surface area (Å²) in [6.45, 7) is 6.17. The highest BCUT2D eigenvalue weighted by atomic mass is 32.1. The van der Waals surface area contributed by atoms with Crippen molar-refractivity contribution < 1.29 is 9.53 Å². The van der Waals surface area contributed by atoms with Crippen LogP contribution in [0, 0.1) is 12.8 Å². The number of esters is 1. The predicted molar refractivity (Wildman–Crippen MR) is 108 cm³/mol. The average Bonchev–Trinajstić information content (AvgIpc) is 3.05. The van der Waals surface area contributed by atoms with E-state index in [-0.39, 0.29) is 11.5 Å². The van der Waals surface area contributed by atoms with Crippen LogP contribution < -0.4 is 5.56 Å². The molecule has 142 valence electrons. The minimum absolute atomic E-state index is 0.244. The number of fused-ring (bicyclic) bond motifs is 3. The van der Waals surface area contributed by atoms with Gasteiger partial charge in [0.05, 0.1) is 17.9 Å². The molecule has 3 aromatic heterocycles. The summed E-state index contributed by atoms with van der Waals surface area (Å²) in [6.07, 6.45) is 0. The van der Waals surface area contributed by atoms with Gasteiger partial charge in [-0.05, 0) is 43.2 Å². The number of thiophene rings is 1. The van der Waals surface area contributed by atoms with E-state index in [1.807, 2.05) is 32.9 Å². The van der Waals surface area contributed by atoms with Crippen LogP contribution in [0.15, 0.2) is 41.2 Å². The first-order valence-electron chi connectivity index (χ1n) is 8.87. The number of carbonyl (C=O) groups excluding carboxylic acids is 1. The molecule has 7 nitrogen and oxygen atoms in total. The van der Waals surface area contributed by atoms with Crippen molar-refractivity contribution in [3.63, 3.8) is 0 Å². The number of aryl methyl sites for hydroxylation is 1. The third-order valence-electron chi connectivity index (χ3n) is 4.16. The number of benzene rings is 1. The molecule has 28 heavy (non-hydrogen) atoms. The van der Waals surface area contributed by atoms with Gasteiger partial charge in [0.25, 0.3) is 5.56 Å². The fraction of sp³-hybridized carbons (Fsp3) is 0.250. The maximum atomic E-state index is 13.0. The van der Waals surface area contributed by atoms with Crippen molar-refractivity contribution in [2.75, 3.05) is 6.61 Å². The van der Waals surface area contributed by atoms with E-state index in [0.29, 0.717) is 28.1 Å². The molecule has 0 fully saturated rings. The van der Waals surface area contributed by atoms with Crippen molar-refractivity contribution in [1.82, 2.24) is 20.0 Å². The molecule has 4 aromatic rings. The van der Waals surface area contributed by atoms with Crippen LogP contribution in [0.2, 0.25) is 0 Å². The van der Waals surface area contributed by atoms with Gasteiger partial charge in [-0.15, -0.1) is 16.4 Å². The van der Waals surface area contributed by atoms with Crippen LogP contribution in [0.1, 0.15) is 29.9 Å². The smallest absolute Gasteiger partial charge is 0.338 e. The molecule has 0 unspecified atom stereocenters. The molecule has 0 aliphatic carbocycles. The number of aromatic nitrogens is 4. The fourth-order valence-electron chi connectivity index (χ4n) is 2.79. The van der Waals surface area contributed by atoms with E-state index in [2.05, 4.69) is 15.3 Å². The van der Waals surface area contributed by atoms with Crippen LogP contribution in [0.25, 0.3) is 26.1 Å². The molecule has 0 N–H and O–H groups in total. The third kappa shape index (κ3) is 3.27. The molecule has 0 spiro atoms. The van der Waals surface area contributed by atoms with E-state index in [4.69, 9.17) is 4.74 Å². The lowest BCUT2D eigenvalue weighted by Gasteiger charge is -2.08. The molecule has 0 atom stereocenters. The second-order valence-electron chi connectivity index (χ2n) is 6.93. The van der Waals surface area contributed by atoms with Crippen molar-refractivity contribution in [2.45, 2.75) is 20.8 Å². The third-order valence-corrected chi connectivity index (χ3v) is 5.24. The minimum Gasteiger partial charge on any atom is -0.462 e. The van der Waals surface area contributed by atoms with Gasteiger partial charge in [0.2, 0.25) is 0 Å². The number of rotatable bonds is 4. The van der Waals surface area contributed by atoms with E-state index in [1.54, 1.807) is 24.3 Å². The quantitative estimate of drug-likeness (QED) is 0.492. The Balaban J connectivity index is 1.78. The topological polar surface area (TPSA) is 87.0 Å². The Morgan fingerprint density at radius 1 is 1.25 bits per heavy atom. The van der Waals surface area contributed by atoms with Gasteiger partial charge < -0.3 is 4.74 Å². The number of hydrogen-bond acceptors (Lipinski definition) is 7. The summed E-state index contributed by atoms with van der Waals surface area (Å²) in [4.78, 5) is 30.5. The van der Waals surface area contributed by atoms with Gasteiger partial charge in [-0.25, -0.2) is 9.78 Å². The summed E-state index contributed by atoms with van der Waals surface area (Å²) < 4.78 is 6.94. The zero-order chi connectivity index (χ0) is 19.8. The zero-order valence-corrected chi connectivity index (χ0v) is 16.5. The summed E-state index contributed by atoms with van der Waals surface area (Å²) in [6, 6.07) is 10.4. The van der Waals surface area contributed by atoms with Crippen molar-refractivity contribution in [3.05, 3.63) is 58.0 Å². The van der Waals surface area contributed by atoms with Gasteiger partial charge in [0.15, 0.2) is 0 Å². The highest BCUT2D eigenvalue weighted by Gasteiger charge is 2.16. The van der Waals surface area contributed by atoms with Crippen LogP contribution in [0.5, 0.6) is 0 Å². The van der Waals surface area contributed by atoms with Gasteiger partial charge in [-0.2, -0.15) is 4.68 Å². The summed E-state index contributed by atoms with van der Waals surface area (Å²) in [5.41, 5.74) is 1.94. The van der Waals surface area contributed by atoms with E-state index < -0.39 is 5.97 Å². The Hall–Kier alpha value is -3.13. The van der Waals surface area contributed by atoms with Crippen LogP contribution in [-0.2, 0) is 4.74 Å². The molecule has 0 aliphatic rings. The Labute approximate surface area is 164 Å². The summed E-state index contributed by atoms with van der Waals surface area (Å²) in [7, 11) is 0. The zero-order valence-electron chi connectivity index (χ0n) is 15.7. The Morgan fingerprint density at radius 2 is 2.07 bits per heavy atom. The minimum atomic E-state index is -0.431. The maximum absolute atomic E-state index is 13.0. The van der Waals surface area contributed by atoms with E-state index in [0.717, 1.165) is 15.9 Å². The lowest BCUT2D eigenvalue weighted by atomic mass is 10.2. The molecular formula is C20H18N4O3S. The first kappa shape index (κ1) is 18.2. The lowest BCUT2D eigenvalue weighted by Crippen LogP contribution is -2.22. The van der Waals surface area contributed by atoms with Gasteiger partial charge >= 0.3 is 5.97 Å². The maximum Gasteiger partial charge on any atom is 0.338 e. The second-order valence-corrected chi connectivity index (χ2v) is 7.93.